The number of pyridine rings is 1. The van der Waals surface area contributed by atoms with Gasteiger partial charge < -0.3 is 15.8 Å². The van der Waals surface area contributed by atoms with Crippen molar-refractivity contribution in [1.29, 1.82) is 0 Å². The number of nitrogen functional groups attached to an aromatic ring is 1. The lowest BCUT2D eigenvalue weighted by atomic mass is 9.64. The van der Waals surface area contributed by atoms with E-state index in [1.54, 1.807) is 6.20 Å². The van der Waals surface area contributed by atoms with Crippen LogP contribution in [0, 0.1) is 12.3 Å². The fraction of sp³-hybridized carbons (Fsp3) is 0.643. The third-order valence-electron chi connectivity index (χ3n) is 4.02. The molecule has 2 atom stereocenters. The van der Waals surface area contributed by atoms with Crippen LogP contribution in [0.15, 0.2) is 12.3 Å². The Balaban J connectivity index is 2.01. The average Bonchev–Trinajstić information content (AvgIpc) is 2.32. The minimum atomic E-state index is 0.146. The maximum absolute atomic E-state index is 5.77. The van der Waals surface area contributed by atoms with Crippen molar-refractivity contribution < 1.29 is 4.74 Å². The zero-order chi connectivity index (χ0) is 13.3. The summed E-state index contributed by atoms with van der Waals surface area (Å²) in [5, 5.41) is 3.48. The average molecular weight is 249 g/mol. The smallest absolute Gasteiger partial charge is 0.126 e. The van der Waals surface area contributed by atoms with Crippen molar-refractivity contribution in [2.45, 2.75) is 46.3 Å². The molecule has 0 bridgehead atoms. The summed E-state index contributed by atoms with van der Waals surface area (Å²) in [5.41, 5.74) is 7.71. The summed E-state index contributed by atoms with van der Waals surface area (Å²) in [5.74, 6) is 0.898. The minimum absolute atomic E-state index is 0.146. The molecule has 3 N–H and O–H groups in total. The molecule has 1 aromatic heterocycles. The first-order chi connectivity index (χ1) is 8.45. The molecule has 2 unspecified atom stereocenters. The van der Waals surface area contributed by atoms with Crippen LogP contribution in [0.25, 0.3) is 0 Å². The molecule has 0 amide bonds. The lowest BCUT2D eigenvalue weighted by Crippen LogP contribution is -2.58. The van der Waals surface area contributed by atoms with E-state index >= 15 is 0 Å². The molecule has 1 saturated carbocycles. The second-order valence-corrected chi connectivity index (χ2v) is 5.62. The van der Waals surface area contributed by atoms with Crippen LogP contribution in [0.3, 0.4) is 0 Å². The van der Waals surface area contributed by atoms with Crippen LogP contribution in [-0.2, 0) is 4.74 Å². The number of nitrogens with zero attached hydrogens (tertiary/aromatic N) is 1. The molecule has 1 aliphatic rings. The van der Waals surface area contributed by atoms with Gasteiger partial charge in [-0.3, -0.25) is 0 Å². The summed E-state index contributed by atoms with van der Waals surface area (Å²) >= 11 is 0. The van der Waals surface area contributed by atoms with Crippen LogP contribution >= 0.6 is 0 Å². The maximum Gasteiger partial charge on any atom is 0.126 e. The van der Waals surface area contributed by atoms with Gasteiger partial charge in [0.25, 0.3) is 0 Å². The van der Waals surface area contributed by atoms with Crippen LogP contribution in [-0.4, -0.2) is 23.7 Å². The van der Waals surface area contributed by atoms with Crippen molar-refractivity contribution in [2.24, 2.45) is 5.41 Å². The molecular weight excluding hydrogens is 226 g/mol. The van der Waals surface area contributed by atoms with Crippen molar-refractivity contribution in [2.75, 3.05) is 17.7 Å². The van der Waals surface area contributed by atoms with E-state index in [1.807, 2.05) is 19.9 Å². The number of aryl methyl sites for hydroxylation is 1. The summed E-state index contributed by atoms with van der Waals surface area (Å²) in [6.07, 6.45) is 3.09. The Hall–Kier alpha value is -1.29. The Morgan fingerprint density at radius 1 is 1.56 bits per heavy atom. The quantitative estimate of drug-likeness (QED) is 0.861. The van der Waals surface area contributed by atoms with Gasteiger partial charge in [0.05, 0.1) is 18.0 Å². The van der Waals surface area contributed by atoms with Gasteiger partial charge in [-0.15, -0.1) is 0 Å². The summed E-state index contributed by atoms with van der Waals surface area (Å²) in [6, 6.07) is 2.41. The molecule has 4 nitrogen and oxygen atoms in total. The normalized spacial score (nSPS) is 25.6. The molecule has 18 heavy (non-hydrogen) atoms. The van der Waals surface area contributed by atoms with E-state index in [4.69, 9.17) is 10.5 Å². The van der Waals surface area contributed by atoms with Gasteiger partial charge in [-0.05, 0) is 31.9 Å². The van der Waals surface area contributed by atoms with E-state index in [9.17, 15) is 0 Å². The molecule has 2 rings (SSSR count). The van der Waals surface area contributed by atoms with Crippen LogP contribution in [0.4, 0.5) is 11.5 Å². The standard InChI is InChI=1S/C14H23N3O/c1-5-18-12-7-11(14(12,3)4)17-13-6-9(2)10(15)8-16-13/h6,8,11-12H,5,7,15H2,1-4H3,(H,16,17). The fourth-order valence-corrected chi connectivity index (χ4v) is 2.44. The molecule has 1 fully saturated rings. The highest BCUT2D eigenvalue weighted by atomic mass is 16.5. The zero-order valence-electron chi connectivity index (χ0n) is 11.7. The monoisotopic (exact) mass is 249 g/mol. The Morgan fingerprint density at radius 3 is 2.83 bits per heavy atom. The topological polar surface area (TPSA) is 60.2 Å². The molecular formula is C14H23N3O. The molecule has 0 radical (unpaired) electrons. The van der Waals surface area contributed by atoms with E-state index in [-0.39, 0.29) is 5.41 Å². The van der Waals surface area contributed by atoms with Gasteiger partial charge in [-0.25, -0.2) is 4.98 Å². The van der Waals surface area contributed by atoms with Gasteiger partial charge >= 0.3 is 0 Å². The minimum Gasteiger partial charge on any atom is -0.397 e. The summed E-state index contributed by atoms with van der Waals surface area (Å²) in [7, 11) is 0. The Kier molecular flexibility index (Phi) is 3.48. The van der Waals surface area contributed by atoms with Gasteiger partial charge in [0.15, 0.2) is 0 Å². The van der Waals surface area contributed by atoms with E-state index in [2.05, 4.69) is 24.1 Å². The number of hydrogen-bond donors (Lipinski definition) is 2. The second kappa shape index (κ2) is 4.76. The van der Waals surface area contributed by atoms with Crippen molar-refractivity contribution in [3.63, 3.8) is 0 Å². The SMILES string of the molecule is CCOC1CC(Nc2cc(C)c(N)cn2)C1(C)C. The second-order valence-electron chi connectivity index (χ2n) is 5.62. The number of anilines is 2. The third-order valence-corrected chi connectivity index (χ3v) is 4.02. The van der Waals surface area contributed by atoms with Crippen LogP contribution in [0.2, 0.25) is 0 Å². The predicted octanol–water partition coefficient (Wildman–Crippen LogP) is 2.59. The fourth-order valence-electron chi connectivity index (χ4n) is 2.44. The van der Waals surface area contributed by atoms with Gasteiger partial charge in [0.2, 0.25) is 0 Å². The number of hydrogen-bond acceptors (Lipinski definition) is 4. The molecule has 1 aromatic rings. The molecule has 100 valence electrons. The van der Waals surface area contributed by atoms with Crippen molar-refractivity contribution in [3.05, 3.63) is 17.8 Å². The Labute approximate surface area is 109 Å². The summed E-state index contributed by atoms with van der Waals surface area (Å²) in [4.78, 5) is 4.32. The molecule has 0 saturated heterocycles. The Morgan fingerprint density at radius 2 is 2.28 bits per heavy atom. The third kappa shape index (κ3) is 2.29. The van der Waals surface area contributed by atoms with Crippen LogP contribution in [0.1, 0.15) is 32.8 Å². The van der Waals surface area contributed by atoms with E-state index in [0.717, 1.165) is 30.1 Å². The number of nitrogens with two attached hydrogens (primary N) is 1. The van der Waals surface area contributed by atoms with E-state index in [1.165, 1.54) is 0 Å². The highest BCUT2D eigenvalue weighted by molar-refractivity contribution is 5.51. The highest BCUT2D eigenvalue weighted by Crippen LogP contribution is 2.44. The summed E-state index contributed by atoms with van der Waals surface area (Å²) < 4.78 is 5.72. The zero-order valence-corrected chi connectivity index (χ0v) is 11.7. The molecule has 1 heterocycles. The first kappa shape index (κ1) is 13.1. The Bertz CT molecular complexity index is 431. The van der Waals surface area contributed by atoms with Crippen molar-refractivity contribution in [1.82, 2.24) is 4.98 Å². The lowest BCUT2D eigenvalue weighted by molar-refractivity contribution is -0.0976. The summed E-state index contributed by atoms with van der Waals surface area (Å²) in [6.45, 7) is 9.29. The molecule has 1 aliphatic carbocycles. The van der Waals surface area contributed by atoms with E-state index < -0.39 is 0 Å². The van der Waals surface area contributed by atoms with Gasteiger partial charge in [-0.1, -0.05) is 13.8 Å². The highest BCUT2D eigenvalue weighted by Gasteiger charge is 2.48. The number of aromatic nitrogens is 1. The molecule has 4 heteroatoms. The largest absolute Gasteiger partial charge is 0.397 e. The van der Waals surface area contributed by atoms with Crippen LogP contribution < -0.4 is 11.1 Å². The first-order valence-corrected chi connectivity index (χ1v) is 6.55. The maximum atomic E-state index is 5.77. The number of ether oxygens (including phenoxy) is 1. The molecule has 0 aromatic carbocycles. The van der Waals surface area contributed by atoms with Gasteiger partial charge in [0.1, 0.15) is 5.82 Å². The van der Waals surface area contributed by atoms with Gasteiger partial charge in [0, 0.05) is 18.1 Å². The number of rotatable bonds is 4. The lowest BCUT2D eigenvalue weighted by Gasteiger charge is -2.51. The van der Waals surface area contributed by atoms with Crippen molar-refractivity contribution in [3.8, 4) is 0 Å². The number of nitrogens with one attached hydrogen (secondary N) is 1. The molecule has 0 aliphatic heterocycles. The van der Waals surface area contributed by atoms with Crippen molar-refractivity contribution >= 4 is 11.5 Å². The van der Waals surface area contributed by atoms with Gasteiger partial charge in [-0.2, -0.15) is 0 Å². The van der Waals surface area contributed by atoms with E-state index in [0.29, 0.717) is 12.1 Å². The van der Waals surface area contributed by atoms with Crippen LogP contribution in [0.5, 0.6) is 0 Å². The molecule has 0 spiro atoms. The predicted molar refractivity (Wildman–Crippen MR) is 74.6 cm³/mol. The first-order valence-electron chi connectivity index (χ1n) is 6.55.